The molecule has 552 valence electrons. The minimum absolute atomic E-state index is 0.0519. The second kappa shape index (κ2) is 31.0. The monoisotopic (exact) mass is 1460 g/mol. The van der Waals surface area contributed by atoms with Gasteiger partial charge in [-0.15, -0.1) is 0 Å². The van der Waals surface area contributed by atoms with Crippen LogP contribution in [-0.2, 0) is 69.7 Å². The van der Waals surface area contributed by atoms with Crippen molar-refractivity contribution in [2.75, 3.05) is 54.0 Å². The summed E-state index contributed by atoms with van der Waals surface area (Å²) in [5.41, 5.74) is 9.06. The van der Waals surface area contributed by atoms with Gasteiger partial charge >= 0.3 is 18.1 Å². The van der Waals surface area contributed by atoms with E-state index in [9.17, 15) is 66.0 Å². The van der Waals surface area contributed by atoms with Gasteiger partial charge in [-0.3, -0.25) is 57.9 Å². The molecule has 6 aromatic rings. The van der Waals surface area contributed by atoms with Crippen LogP contribution in [0.2, 0.25) is 0 Å². The molecule has 0 spiro atoms. The van der Waals surface area contributed by atoms with Gasteiger partial charge in [0, 0.05) is 91.5 Å². The summed E-state index contributed by atoms with van der Waals surface area (Å²) in [5, 5.41) is 33.1. The van der Waals surface area contributed by atoms with Crippen molar-refractivity contribution in [2.45, 2.75) is 155 Å². The summed E-state index contributed by atoms with van der Waals surface area (Å²) in [6.45, 7) is 9.88. The first kappa shape index (κ1) is 75.0. The molecule has 4 atom stereocenters. The van der Waals surface area contributed by atoms with Gasteiger partial charge in [-0.2, -0.15) is 13.5 Å². The standard InChI is InChI=1S/C73H88N14O15S2/c1-44(2)61(81-57(88)18-7-6-10-29-86-59(90)25-26-60(86)91)65(94)78-54(16-12-28-75-67(74)97)64(93)77-48-21-19-46(20-22-48)36-102-69(98)85(31-32-104(99,100)101)35-58(89)83-73-40-70(4)37-71(5,41-73)39-72(38-70,42-73)43-87-45(3)51(33-76-87)49-23-24-56(80-62(49)66(95)96)84-30-27-47-13-11-14-50(52(47)34-84)63(92)82-68-79-53-15-8-9-17-55(53)103-68/h8-9,11,13-15,17,19-26,33,44,54,61H,6-7,10,12,16,18,27-32,34-43H2,1-5H3,(H,77,93)(H,78,94)(H,81,88)(H,83,89)(H,95,96)(H3,74,75,97)(H,79,82,92)(H,99,100,101)/t54-,61-,70?,71?,72?,73?/m0/s1. The van der Waals surface area contributed by atoms with Crippen molar-refractivity contribution in [3.8, 4) is 11.1 Å². The summed E-state index contributed by atoms with van der Waals surface area (Å²) in [6, 6.07) is 20.0. The molecule has 6 aliphatic rings. The van der Waals surface area contributed by atoms with Gasteiger partial charge in [-0.1, -0.05) is 81.9 Å². The molecule has 4 fully saturated rings. The summed E-state index contributed by atoms with van der Waals surface area (Å²) in [7, 11) is -4.62. The first-order valence-electron chi connectivity index (χ1n) is 34.9. The van der Waals surface area contributed by atoms with Crippen LogP contribution in [0.15, 0.2) is 97.2 Å². The molecule has 3 aromatic heterocycles. The fourth-order valence-corrected chi connectivity index (χ4v) is 18.2. The number of hydrogen-bond donors (Lipinski definition) is 9. The zero-order valence-electron chi connectivity index (χ0n) is 58.8. The first-order chi connectivity index (χ1) is 49.4. The van der Waals surface area contributed by atoms with E-state index < -0.39 is 94.2 Å². The number of pyridine rings is 1. The Bertz CT molecular complexity index is 4430. The zero-order chi connectivity index (χ0) is 74.5. The Morgan fingerprint density at radius 3 is 2.22 bits per heavy atom. The highest BCUT2D eigenvalue weighted by atomic mass is 32.2. The third kappa shape index (κ3) is 18.1. The molecular weight excluding hydrogens is 1380 g/mol. The Labute approximate surface area is 605 Å². The van der Waals surface area contributed by atoms with Crippen molar-refractivity contribution >= 4 is 108 Å². The van der Waals surface area contributed by atoms with Gasteiger partial charge in [0.2, 0.25) is 23.6 Å². The first-order valence-corrected chi connectivity index (χ1v) is 37.3. The second-order valence-corrected chi connectivity index (χ2v) is 32.0. The molecule has 2 unspecified atom stereocenters. The molecule has 3 aromatic carbocycles. The molecule has 12 rings (SSSR count). The van der Waals surface area contributed by atoms with Crippen molar-refractivity contribution in [1.82, 2.24) is 50.8 Å². The van der Waals surface area contributed by atoms with Gasteiger partial charge < -0.3 is 47.1 Å². The molecular formula is C73H88N14O15S2. The topological polar surface area (TPSA) is 406 Å². The van der Waals surface area contributed by atoms with Gasteiger partial charge in [0.05, 0.1) is 22.2 Å². The van der Waals surface area contributed by atoms with E-state index in [1.165, 1.54) is 35.6 Å². The van der Waals surface area contributed by atoms with Gasteiger partial charge in [0.1, 0.15) is 31.1 Å². The Balaban J connectivity index is 0.707. The maximum Gasteiger partial charge on any atom is 0.410 e. The second-order valence-electron chi connectivity index (χ2n) is 29.4. The summed E-state index contributed by atoms with van der Waals surface area (Å²) in [4.78, 5) is 145. The Morgan fingerprint density at radius 2 is 1.53 bits per heavy atom. The van der Waals surface area contributed by atoms with Crippen LogP contribution in [0.3, 0.4) is 0 Å². The molecule has 10 N–H and O–H groups in total. The SMILES string of the molecule is Cc1c(-c2ccc(N3CCc4cccc(C(=O)Nc5nc6ccccc6s5)c4C3)nc2C(=O)O)cnn1CC12CC3(C)CC(C)(C1)CC(NC(=O)CN(CCS(=O)(=O)O)C(=O)OCc1ccc(NC(=O)[C@H](CCCNC(N)=O)NC(=O)[C@@H](NC(=O)CCCCCN4C(=O)C=CC4=O)C(C)C)cc1)(C3)C2. The van der Waals surface area contributed by atoms with E-state index in [0.717, 1.165) is 56.1 Å². The van der Waals surface area contributed by atoms with Crippen LogP contribution in [0.1, 0.15) is 148 Å². The number of carboxylic acid groups (broad SMARTS) is 1. The average molecular weight is 1470 g/mol. The third-order valence-electron chi connectivity index (χ3n) is 20.3. The van der Waals surface area contributed by atoms with Gasteiger partial charge in [0.15, 0.2) is 10.8 Å². The number of para-hydroxylation sites is 1. The number of carbonyl (C=O) groups is 10. The molecule has 5 heterocycles. The molecule has 2 aliphatic heterocycles. The summed E-state index contributed by atoms with van der Waals surface area (Å²) in [6.07, 6.45) is 9.82. The summed E-state index contributed by atoms with van der Waals surface area (Å²) in [5.74, 6) is -5.35. The number of unbranched alkanes of at least 4 members (excludes halogenated alkanes) is 2. The Kier molecular flexibility index (Phi) is 22.4. The number of nitrogens with zero attached hydrogens (tertiary/aromatic N) is 7. The zero-order valence-corrected chi connectivity index (χ0v) is 60.4. The number of anilines is 3. The van der Waals surface area contributed by atoms with Crippen LogP contribution < -0.4 is 42.5 Å². The van der Waals surface area contributed by atoms with E-state index in [0.29, 0.717) is 97.8 Å². The number of hydrogen-bond acceptors (Lipinski definition) is 18. The van der Waals surface area contributed by atoms with Crippen molar-refractivity contribution in [3.05, 3.63) is 131 Å². The van der Waals surface area contributed by atoms with Crippen molar-refractivity contribution in [2.24, 2.45) is 27.9 Å². The Hall–Kier alpha value is -10.1. The molecule has 4 bridgehead atoms. The van der Waals surface area contributed by atoms with Gasteiger partial charge in [-0.25, -0.2) is 24.4 Å². The number of rotatable bonds is 31. The summed E-state index contributed by atoms with van der Waals surface area (Å²) < 4.78 is 42.6. The molecule has 31 heteroatoms. The molecule has 104 heavy (non-hydrogen) atoms. The van der Waals surface area contributed by atoms with Crippen molar-refractivity contribution in [3.63, 3.8) is 0 Å². The number of carboxylic acids is 1. The van der Waals surface area contributed by atoms with E-state index in [4.69, 9.17) is 20.6 Å². The molecule has 4 aliphatic carbocycles. The minimum Gasteiger partial charge on any atom is -0.476 e. The quantitative estimate of drug-likeness (QED) is 0.0115. The Morgan fingerprint density at radius 1 is 0.798 bits per heavy atom. The van der Waals surface area contributed by atoms with Gasteiger partial charge in [0.25, 0.3) is 27.8 Å². The van der Waals surface area contributed by atoms with E-state index in [-0.39, 0.29) is 84.3 Å². The predicted octanol–water partition coefficient (Wildman–Crippen LogP) is 7.64. The number of carbonyl (C=O) groups excluding carboxylic acids is 9. The molecule has 0 saturated heterocycles. The average Bonchev–Trinajstić information content (AvgIpc) is 0.712. The number of amides is 10. The highest BCUT2D eigenvalue weighted by Gasteiger charge is 2.66. The van der Waals surface area contributed by atoms with Crippen molar-refractivity contribution < 1.29 is 70.8 Å². The highest BCUT2D eigenvalue weighted by Crippen LogP contribution is 2.71. The molecule has 0 radical (unpaired) electrons. The number of ether oxygens (including phenoxy) is 1. The number of urea groups is 1. The maximum absolute atomic E-state index is 14.5. The number of thiazole rings is 1. The van der Waals surface area contributed by atoms with E-state index in [1.54, 1.807) is 50.4 Å². The van der Waals surface area contributed by atoms with Crippen LogP contribution in [-0.4, -0.2) is 163 Å². The largest absolute Gasteiger partial charge is 0.476 e. The normalized spacial score (nSPS) is 20.8. The smallest absolute Gasteiger partial charge is 0.410 e. The lowest BCUT2D eigenvalue weighted by Crippen LogP contribution is -2.69. The fraction of sp³-hybridized carbons (Fsp3) is 0.466. The molecule has 29 nitrogen and oxygen atoms in total. The van der Waals surface area contributed by atoms with Crippen molar-refractivity contribution in [1.29, 1.82) is 0 Å². The minimum atomic E-state index is -4.62. The number of nitrogens with one attached hydrogen (secondary N) is 6. The molecule has 4 saturated carbocycles. The van der Waals surface area contributed by atoms with Crippen LogP contribution in [0, 0.1) is 29.1 Å². The van der Waals surface area contributed by atoms with Crippen LogP contribution in [0.5, 0.6) is 0 Å². The fourth-order valence-electron chi connectivity index (χ4n) is 16.8. The summed E-state index contributed by atoms with van der Waals surface area (Å²) >= 11 is 1.39. The van der Waals surface area contributed by atoms with Crippen LogP contribution in [0.25, 0.3) is 21.3 Å². The van der Waals surface area contributed by atoms with Crippen LogP contribution in [0.4, 0.5) is 26.2 Å². The van der Waals surface area contributed by atoms with E-state index >= 15 is 0 Å². The number of aromatic nitrogens is 4. The number of imide groups is 1. The number of primary amides is 1. The predicted molar refractivity (Wildman–Crippen MR) is 386 cm³/mol. The number of aromatic carboxylic acids is 1. The lowest BCUT2D eigenvalue weighted by Gasteiger charge is -2.69. The van der Waals surface area contributed by atoms with Crippen LogP contribution >= 0.6 is 11.3 Å². The molecule has 10 amide bonds. The lowest BCUT2D eigenvalue weighted by atomic mass is 9.38. The van der Waals surface area contributed by atoms with Gasteiger partial charge in [-0.05, 0) is 159 Å². The number of fused-ring (bicyclic) bond motifs is 2. The number of nitrogens with two attached hydrogens (primary N) is 1. The van der Waals surface area contributed by atoms with E-state index in [1.807, 2.05) is 52.9 Å². The maximum atomic E-state index is 14.5. The number of benzene rings is 3. The lowest BCUT2D eigenvalue weighted by molar-refractivity contribution is -0.175. The highest BCUT2D eigenvalue weighted by molar-refractivity contribution is 7.85. The third-order valence-corrected chi connectivity index (χ3v) is 21.9. The van der Waals surface area contributed by atoms with E-state index in [2.05, 4.69) is 50.7 Å².